The van der Waals surface area contributed by atoms with Crippen LogP contribution in [0.15, 0.2) is 60.7 Å². The molecule has 8 atom stereocenters. The van der Waals surface area contributed by atoms with Crippen LogP contribution in [0.2, 0.25) is 5.02 Å². The largest absolute Gasteiger partial charge is 0.494 e. The predicted molar refractivity (Wildman–Crippen MR) is 160 cm³/mol. The van der Waals surface area contributed by atoms with Crippen molar-refractivity contribution in [3.8, 4) is 5.75 Å². The Morgan fingerprint density at radius 1 is 1.10 bits per heavy atom. The average Bonchev–Trinajstić information content (AvgIpc) is 3.61. The maximum atomic E-state index is 14.4. The number of halogens is 1. The maximum Gasteiger partial charge on any atom is 0.246 e. The Bertz CT molecular complexity index is 1400. The molecule has 2 saturated heterocycles. The van der Waals surface area contributed by atoms with Crippen LogP contribution in [-0.4, -0.2) is 53.0 Å². The molecule has 6 rings (SSSR count). The van der Waals surface area contributed by atoms with Gasteiger partial charge in [-0.05, 0) is 55.5 Å². The second-order valence-corrected chi connectivity index (χ2v) is 12.5. The summed E-state index contributed by atoms with van der Waals surface area (Å²) in [5, 5.41) is 6.80. The van der Waals surface area contributed by atoms with Gasteiger partial charge in [-0.25, -0.2) is 0 Å². The van der Waals surface area contributed by atoms with Crippen LogP contribution >= 0.6 is 11.6 Å². The van der Waals surface area contributed by atoms with Gasteiger partial charge in [0, 0.05) is 22.3 Å². The van der Waals surface area contributed by atoms with E-state index in [1.165, 1.54) is 0 Å². The van der Waals surface area contributed by atoms with Gasteiger partial charge in [-0.15, -0.1) is 0 Å². The van der Waals surface area contributed by atoms with E-state index in [0.29, 0.717) is 34.9 Å². The molecule has 3 fully saturated rings. The Kier molecular flexibility index (Phi) is 7.79. The number of ether oxygens (including phenoxy) is 2. The number of hydrogen-bond acceptors (Lipinski definition) is 5. The number of nitrogens with zero attached hydrogens (tertiary/aromatic N) is 1. The summed E-state index contributed by atoms with van der Waals surface area (Å²) in [6.07, 6.45) is 6.15. The fourth-order valence-electron chi connectivity index (χ4n) is 7.36. The second-order valence-electron chi connectivity index (χ2n) is 12.1. The number of nitrogens with one attached hydrogen (secondary N) is 2. The lowest BCUT2D eigenvalue weighted by molar-refractivity contribution is -0.142. The second kappa shape index (κ2) is 11.4. The van der Waals surface area contributed by atoms with Crippen molar-refractivity contribution in [3.63, 3.8) is 0 Å². The van der Waals surface area contributed by atoms with Crippen LogP contribution in [-0.2, 0) is 25.7 Å². The molecule has 1 spiro atoms. The molecule has 3 heterocycles. The van der Waals surface area contributed by atoms with Gasteiger partial charge in [0.1, 0.15) is 17.4 Å². The van der Waals surface area contributed by atoms with Crippen molar-refractivity contribution in [2.75, 3.05) is 11.9 Å². The van der Waals surface area contributed by atoms with E-state index in [2.05, 4.69) is 24.5 Å². The van der Waals surface area contributed by atoms with Crippen LogP contribution < -0.4 is 15.4 Å². The lowest BCUT2D eigenvalue weighted by Crippen LogP contribution is -2.57. The van der Waals surface area contributed by atoms with E-state index in [4.69, 9.17) is 21.1 Å². The van der Waals surface area contributed by atoms with Gasteiger partial charge in [0.15, 0.2) is 0 Å². The Labute approximate surface area is 251 Å². The minimum atomic E-state index is -1.24. The number of amides is 3. The molecule has 8 nitrogen and oxygen atoms in total. The van der Waals surface area contributed by atoms with Crippen molar-refractivity contribution in [1.29, 1.82) is 0 Å². The number of hydrogen-bond donors (Lipinski definition) is 2. The third-order valence-corrected chi connectivity index (χ3v) is 9.94. The third kappa shape index (κ3) is 4.88. The Morgan fingerprint density at radius 3 is 2.62 bits per heavy atom. The van der Waals surface area contributed by atoms with E-state index < -0.39 is 29.6 Å². The molecule has 3 aliphatic heterocycles. The maximum absolute atomic E-state index is 14.4. The summed E-state index contributed by atoms with van der Waals surface area (Å²) in [5.41, 5.74) is 0.132. The summed E-state index contributed by atoms with van der Waals surface area (Å²) in [7, 11) is 0. The summed E-state index contributed by atoms with van der Waals surface area (Å²) in [6, 6.07) is 13.5. The molecule has 2 aromatic rings. The molecule has 222 valence electrons. The summed E-state index contributed by atoms with van der Waals surface area (Å²) in [4.78, 5) is 44.0. The molecule has 0 radical (unpaired) electrons. The average molecular weight is 592 g/mol. The minimum Gasteiger partial charge on any atom is -0.494 e. The van der Waals surface area contributed by atoms with Crippen molar-refractivity contribution >= 4 is 35.0 Å². The van der Waals surface area contributed by atoms with Gasteiger partial charge in [0.05, 0.1) is 31.1 Å². The SMILES string of the molecule is CCOc1ccccc1CN1C(=O)[C@@H]2[C@H](C(=O)Nc3ccc(Cl)cc3)[C@@H]3C=C[C@@]2(O3)[C@@H]1C(=O)N[C@@H]1CCC[C@@H](C)[C@H]1C. The molecule has 2 N–H and O–H groups in total. The first-order valence-electron chi connectivity index (χ1n) is 15.0. The van der Waals surface area contributed by atoms with Crippen LogP contribution in [0.5, 0.6) is 5.75 Å². The van der Waals surface area contributed by atoms with Gasteiger partial charge < -0.3 is 25.0 Å². The predicted octanol–water partition coefficient (Wildman–Crippen LogP) is 4.97. The number of anilines is 1. The summed E-state index contributed by atoms with van der Waals surface area (Å²) >= 11 is 6.03. The fraction of sp³-hybridized carbons (Fsp3) is 0.485. The molecule has 0 aromatic heterocycles. The molecule has 2 bridgehead atoms. The first-order chi connectivity index (χ1) is 20.2. The molecule has 4 aliphatic rings. The topological polar surface area (TPSA) is 97.0 Å². The van der Waals surface area contributed by atoms with Crippen LogP contribution in [0.3, 0.4) is 0 Å². The van der Waals surface area contributed by atoms with Gasteiger partial charge in [-0.3, -0.25) is 14.4 Å². The Hall–Kier alpha value is -3.36. The number of carbonyl (C=O) groups excluding carboxylic acids is 3. The highest BCUT2D eigenvalue weighted by Gasteiger charge is 2.72. The van der Waals surface area contributed by atoms with Crippen molar-refractivity contribution < 1.29 is 23.9 Å². The van der Waals surface area contributed by atoms with Crippen molar-refractivity contribution in [2.45, 2.75) is 70.4 Å². The molecule has 1 aliphatic carbocycles. The van der Waals surface area contributed by atoms with Crippen molar-refractivity contribution in [1.82, 2.24) is 10.2 Å². The molecule has 9 heteroatoms. The Morgan fingerprint density at radius 2 is 1.86 bits per heavy atom. The van der Waals surface area contributed by atoms with Crippen LogP contribution in [0.25, 0.3) is 0 Å². The highest BCUT2D eigenvalue weighted by atomic mass is 35.5. The summed E-state index contributed by atoms with van der Waals surface area (Å²) in [6.45, 7) is 6.95. The number of rotatable bonds is 8. The number of fused-ring (bicyclic) bond motifs is 1. The van der Waals surface area contributed by atoms with Crippen molar-refractivity contribution in [3.05, 3.63) is 71.3 Å². The zero-order valence-corrected chi connectivity index (χ0v) is 25.0. The summed E-state index contributed by atoms with van der Waals surface area (Å²) < 4.78 is 12.4. The summed E-state index contributed by atoms with van der Waals surface area (Å²) in [5.74, 6) is -0.981. The highest BCUT2D eigenvalue weighted by Crippen LogP contribution is 2.55. The molecule has 2 aromatic carbocycles. The molecular formula is C33H38ClN3O5. The number of likely N-dealkylation sites (tertiary alicyclic amines) is 1. The van der Waals surface area contributed by atoms with Gasteiger partial charge in [-0.1, -0.05) is 68.6 Å². The molecule has 0 unspecified atom stereocenters. The normalized spacial score (nSPS) is 33.0. The van der Waals surface area contributed by atoms with E-state index in [9.17, 15) is 14.4 Å². The smallest absolute Gasteiger partial charge is 0.246 e. The first-order valence-corrected chi connectivity index (χ1v) is 15.4. The lowest BCUT2D eigenvalue weighted by Gasteiger charge is -2.38. The highest BCUT2D eigenvalue weighted by molar-refractivity contribution is 6.30. The van der Waals surface area contributed by atoms with E-state index >= 15 is 0 Å². The van der Waals surface area contributed by atoms with Gasteiger partial charge >= 0.3 is 0 Å². The van der Waals surface area contributed by atoms with Gasteiger partial charge in [0.25, 0.3) is 0 Å². The Balaban J connectivity index is 1.34. The lowest BCUT2D eigenvalue weighted by atomic mass is 9.73. The van der Waals surface area contributed by atoms with E-state index in [1.807, 2.05) is 43.3 Å². The van der Waals surface area contributed by atoms with E-state index in [1.54, 1.807) is 29.2 Å². The third-order valence-electron chi connectivity index (χ3n) is 9.68. The monoisotopic (exact) mass is 591 g/mol. The number of carbonyl (C=O) groups is 3. The van der Waals surface area contributed by atoms with E-state index in [-0.39, 0.29) is 30.3 Å². The molecule has 1 saturated carbocycles. The standard InChI is InChI=1S/C33H38ClN3O5/c1-4-41-25-11-6-5-9-21(25)18-37-29(31(39)36-24-10-7-8-19(2)20(24)3)33-17-16-26(42-33)27(28(33)32(37)40)30(38)35-23-14-12-22(34)13-15-23/h5-6,9,11-17,19-20,24,26-29H,4,7-8,10,18H2,1-3H3,(H,35,38)(H,36,39)/t19-,20-,24-,26+,27-,28+,29+,33+/m1/s1. The zero-order valence-electron chi connectivity index (χ0n) is 24.2. The van der Waals surface area contributed by atoms with E-state index in [0.717, 1.165) is 24.8 Å². The van der Waals surface area contributed by atoms with Gasteiger partial charge in [-0.2, -0.15) is 0 Å². The minimum absolute atomic E-state index is 0.0101. The van der Waals surface area contributed by atoms with Crippen LogP contribution in [0.4, 0.5) is 5.69 Å². The number of benzene rings is 2. The zero-order chi connectivity index (χ0) is 29.6. The quantitative estimate of drug-likeness (QED) is 0.423. The molecular weight excluding hydrogens is 554 g/mol. The number of para-hydroxylation sites is 1. The van der Waals surface area contributed by atoms with Crippen molar-refractivity contribution in [2.24, 2.45) is 23.7 Å². The van der Waals surface area contributed by atoms with Crippen LogP contribution in [0, 0.1) is 23.7 Å². The van der Waals surface area contributed by atoms with Gasteiger partial charge in [0.2, 0.25) is 17.7 Å². The van der Waals surface area contributed by atoms with Crippen LogP contribution in [0.1, 0.15) is 45.6 Å². The fourth-order valence-corrected chi connectivity index (χ4v) is 7.48. The first kappa shape index (κ1) is 28.7. The molecule has 42 heavy (non-hydrogen) atoms. The molecule has 3 amide bonds.